The second-order valence-corrected chi connectivity index (χ2v) is 4.14. The molecule has 1 aromatic carbocycles. The van der Waals surface area contributed by atoms with Crippen molar-refractivity contribution in [2.45, 2.75) is 26.1 Å². The summed E-state index contributed by atoms with van der Waals surface area (Å²) < 4.78 is 23.4. The van der Waals surface area contributed by atoms with Gasteiger partial charge in [-0.05, 0) is 37.1 Å². The fraction of sp³-hybridized carbons (Fsp3) is 0.500. The van der Waals surface area contributed by atoms with Crippen LogP contribution in [0.5, 0.6) is 5.75 Å². The second-order valence-electron chi connectivity index (χ2n) is 4.14. The third kappa shape index (κ3) is 2.71. The smallest absolute Gasteiger partial charge is 0.165 e. The molecule has 0 aromatic heterocycles. The molecule has 0 unspecified atom stereocenters. The Bertz CT molecular complexity index is 369. The molecular formula is C12H17FO3. The monoisotopic (exact) mass is 228 g/mol. The number of rotatable bonds is 4. The molecule has 0 radical (unpaired) electrons. The van der Waals surface area contributed by atoms with Gasteiger partial charge in [-0.1, -0.05) is 0 Å². The van der Waals surface area contributed by atoms with Crippen LogP contribution in [0.15, 0.2) is 12.1 Å². The Kier molecular flexibility index (Phi) is 3.88. The lowest BCUT2D eigenvalue weighted by Crippen LogP contribution is -2.19. The molecule has 0 amide bonds. The van der Waals surface area contributed by atoms with Crippen LogP contribution >= 0.6 is 0 Å². The zero-order valence-electron chi connectivity index (χ0n) is 10.0. The lowest BCUT2D eigenvalue weighted by Gasteiger charge is -2.22. The van der Waals surface area contributed by atoms with Crippen LogP contribution in [0.1, 0.15) is 25.0 Å². The van der Waals surface area contributed by atoms with Crippen molar-refractivity contribution in [2.24, 2.45) is 0 Å². The van der Waals surface area contributed by atoms with Crippen molar-refractivity contribution in [1.82, 2.24) is 0 Å². The van der Waals surface area contributed by atoms with Crippen molar-refractivity contribution in [3.63, 3.8) is 0 Å². The topological polar surface area (TPSA) is 38.7 Å². The van der Waals surface area contributed by atoms with Gasteiger partial charge < -0.3 is 14.6 Å². The van der Waals surface area contributed by atoms with Gasteiger partial charge in [-0.15, -0.1) is 0 Å². The second kappa shape index (κ2) is 4.80. The van der Waals surface area contributed by atoms with Crippen LogP contribution in [-0.4, -0.2) is 19.3 Å². The van der Waals surface area contributed by atoms with E-state index in [2.05, 4.69) is 0 Å². The highest BCUT2D eigenvalue weighted by molar-refractivity contribution is 5.39. The lowest BCUT2D eigenvalue weighted by molar-refractivity contribution is 0.0741. The van der Waals surface area contributed by atoms with E-state index in [4.69, 9.17) is 9.47 Å². The highest BCUT2D eigenvalue weighted by Gasteiger charge is 2.22. The van der Waals surface area contributed by atoms with E-state index in [0.717, 1.165) is 0 Å². The largest absolute Gasteiger partial charge is 0.494 e. The molecule has 0 fully saturated rings. The minimum atomic E-state index is -1.11. The minimum absolute atomic E-state index is 0.153. The van der Waals surface area contributed by atoms with Gasteiger partial charge in [0.05, 0.1) is 19.3 Å². The van der Waals surface area contributed by atoms with Gasteiger partial charge in [0.1, 0.15) is 0 Å². The first-order chi connectivity index (χ1) is 7.40. The van der Waals surface area contributed by atoms with Crippen molar-refractivity contribution in [3.8, 4) is 5.75 Å². The van der Waals surface area contributed by atoms with E-state index in [-0.39, 0.29) is 5.75 Å². The summed E-state index contributed by atoms with van der Waals surface area (Å²) in [6, 6.07) is 2.83. The van der Waals surface area contributed by atoms with E-state index in [1.165, 1.54) is 13.2 Å². The molecule has 0 spiro atoms. The van der Waals surface area contributed by atoms with Gasteiger partial charge in [0.25, 0.3) is 0 Å². The van der Waals surface area contributed by atoms with E-state index in [0.29, 0.717) is 17.7 Å². The molecule has 3 nitrogen and oxygen atoms in total. The van der Waals surface area contributed by atoms with Gasteiger partial charge in [-0.25, -0.2) is 4.39 Å². The van der Waals surface area contributed by atoms with Gasteiger partial charge in [0, 0.05) is 7.11 Å². The predicted octanol–water partition coefficient (Wildman–Crippen LogP) is 2.21. The molecule has 0 aliphatic rings. The standard InChI is InChI=1S/C12H17FO3/c1-12(2,14)9-6-10(13)11(16-4)5-8(9)7-15-3/h5-6,14H,7H2,1-4H3. The van der Waals surface area contributed by atoms with E-state index >= 15 is 0 Å². The summed E-state index contributed by atoms with van der Waals surface area (Å²) in [6.45, 7) is 3.51. The van der Waals surface area contributed by atoms with Crippen molar-refractivity contribution in [3.05, 3.63) is 29.1 Å². The molecule has 0 aliphatic heterocycles. The molecule has 0 bridgehead atoms. The van der Waals surface area contributed by atoms with Crippen LogP contribution in [0.3, 0.4) is 0 Å². The number of hydrogen-bond acceptors (Lipinski definition) is 3. The first kappa shape index (κ1) is 12.9. The fourth-order valence-corrected chi connectivity index (χ4v) is 1.60. The number of benzene rings is 1. The zero-order chi connectivity index (χ0) is 12.3. The van der Waals surface area contributed by atoms with Gasteiger partial charge in [0.2, 0.25) is 0 Å². The summed E-state index contributed by atoms with van der Waals surface area (Å²) in [4.78, 5) is 0. The molecule has 0 saturated carbocycles. The summed E-state index contributed by atoms with van der Waals surface area (Å²) in [6.07, 6.45) is 0. The van der Waals surface area contributed by atoms with Gasteiger partial charge in [-0.2, -0.15) is 0 Å². The van der Waals surface area contributed by atoms with Crippen molar-refractivity contribution < 1.29 is 19.0 Å². The number of aliphatic hydroxyl groups is 1. The van der Waals surface area contributed by atoms with Crippen LogP contribution in [0.4, 0.5) is 4.39 Å². The Morgan fingerprint density at radius 1 is 1.31 bits per heavy atom. The molecule has 0 saturated heterocycles. The van der Waals surface area contributed by atoms with Crippen LogP contribution in [0, 0.1) is 5.82 Å². The molecule has 16 heavy (non-hydrogen) atoms. The molecule has 1 aromatic rings. The van der Waals surface area contributed by atoms with E-state index in [1.807, 2.05) is 0 Å². The first-order valence-electron chi connectivity index (χ1n) is 4.98. The van der Waals surface area contributed by atoms with Gasteiger partial charge in [0.15, 0.2) is 11.6 Å². The molecule has 0 heterocycles. The number of hydrogen-bond donors (Lipinski definition) is 1. The molecule has 4 heteroatoms. The van der Waals surface area contributed by atoms with Crippen LogP contribution in [0.25, 0.3) is 0 Å². The third-order valence-electron chi connectivity index (χ3n) is 2.34. The minimum Gasteiger partial charge on any atom is -0.494 e. The zero-order valence-corrected chi connectivity index (χ0v) is 10.0. The van der Waals surface area contributed by atoms with E-state index < -0.39 is 11.4 Å². The normalized spacial score (nSPS) is 11.6. The molecule has 1 rings (SSSR count). The van der Waals surface area contributed by atoms with Crippen LogP contribution < -0.4 is 4.74 Å². The van der Waals surface area contributed by atoms with Crippen molar-refractivity contribution >= 4 is 0 Å². The summed E-state index contributed by atoms with van der Waals surface area (Å²) in [5.74, 6) is -0.334. The predicted molar refractivity (Wildman–Crippen MR) is 58.9 cm³/mol. The Morgan fingerprint density at radius 2 is 1.94 bits per heavy atom. The maximum atomic E-state index is 13.5. The third-order valence-corrected chi connectivity index (χ3v) is 2.34. The van der Waals surface area contributed by atoms with Gasteiger partial charge >= 0.3 is 0 Å². The first-order valence-corrected chi connectivity index (χ1v) is 4.98. The van der Waals surface area contributed by atoms with Crippen LogP contribution in [0.2, 0.25) is 0 Å². The lowest BCUT2D eigenvalue weighted by atomic mass is 9.93. The number of halogens is 1. The van der Waals surface area contributed by atoms with Crippen molar-refractivity contribution in [2.75, 3.05) is 14.2 Å². The van der Waals surface area contributed by atoms with E-state index in [1.54, 1.807) is 27.0 Å². The quantitative estimate of drug-likeness (QED) is 0.858. The fourth-order valence-electron chi connectivity index (χ4n) is 1.60. The summed E-state index contributed by atoms with van der Waals surface area (Å²) in [5.41, 5.74) is 0.113. The number of ether oxygens (including phenoxy) is 2. The summed E-state index contributed by atoms with van der Waals surface area (Å²) >= 11 is 0. The average molecular weight is 228 g/mol. The van der Waals surface area contributed by atoms with Crippen molar-refractivity contribution in [1.29, 1.82) is 0 Å². The maximum Gasteiger partial charge on any atom is 0.165 e. The van der Waals surface area contributed by atoms with Gasteiger partial charge in [-0.3, -0.25) is 0 Å². The SMILES string of the molecule is COCc1cc(OC)c(F)cc1C(C)(C)O. The Balaban J connectivity index is 3.30. The number of methoxy groups -OCH3 is 2. The highest BCUT2D eigenvalue weighted by Crippen LogP contribution is 2.30. The molecule has 90 valence electrons. The molecule has 0 atom stereocenters. The Labute approximate surface area is 94.8 Å². The Hall–Kier alpha value is -1.13. The highest BCUT2D eigenvalue weighted by atomic mass is 19.1. The maximum absolute atomic E-state index is 13.5. The van der Waals surface area contributed by atoms with Crippen LogP contribution in [-0.2, 0) is 16.9 Å². The Morgan fingerprint density at radius 3 is 2.38 bits per heavy atom. The molecule has 1 N–H and O–H groups in total. The average Bonchev–Trinajstić information content (AvgIpc) is 2.19. The molecular weight excluding hydrogens is 211 g/mol. The van der Waals surface area contributed by atoms with E-state index in [9.17, 15) is 9.50 Å². The molecule has 0 aliphatic carbocycles. The summed E-state index contributed by atoms with van der Waals surface area (Å²) in [7, 11) is 2.95. The summed E-state index contributed by atoms with van der Waals surface area (Å²) in [5, 5.41) is 9.92.